The summed E-state index contributed by atoms with van der Waals surface area (Å²) in [5.74, 6) is 1.49. The Balaban J connectivity index is 1.72. The fraction of sp³-hybridized carbons (Fsp3) is 0.667. The molecule has 1 saturated heterocycles. The Morgan fingerprint density at radius 1 is 1.30 bits per heavy atom. The van der Waals surface area contributed by atoms with Gasteiger partial charge in [-0.15, -0.1) is 0 Å². The van der Waals surface area contributed by atoms with Crippen LogP contribution in [0, 0.1) is 16.0 Å². The van der Waals surface area contributed by atoms with Crippen LogP contribution in [0.15, 0.2) is 29.5 Å². The number of hydrogen-bond acceptors (Lipinski definition) is 5. The number of nitro benzene ring substituents is 1. The second kappa shape index (κ2) is 8.58. The Bertz CT molecular complexity index is 816. The van der Waals surface area contributed by atoms with Crippen molar-refractivity contribution in [1.82, 2.24) is 0 Å². The van der Waals surface area contributed by atoms with E-state index in [1.165, 1.54) is 12.0 Å². The molecule has 2 aliphatic carbocycles. The molecule has 1 aliphatic heterocycles. The predicted molar refractivity (Wildman–Crippen MR) is 118 cm³/mol. The van der Waals surface area contributed by atoms with Gasteiger partial charge in [0.2, 0.25) is 0 Å². The second-order valence-corrected chi connectivity index (χ2v) is 9.42. The lowest BCUT2D eigenvalue weighted by Crippen LogP contribution is -2.42. The van der Waals surface area contributed by atoms with Gasteiger partial charge in [-0.3, -0.25) is 10.1 Å². The van der Waals surface area contributed by atoms with E-state index >= 15 is 0 Å². The second-order valence-electron chi connectivity index (χ2n) is 9.42. The SMILES string of the molecule is COC(=C1CCC1)C1(c2ccc(N(CC(C)C)C3CCOCC3)c([N+](=O)[O-])c2)CC1. The van der Waals surface area contributed by atoms with Gasteiger partial charge >= 0.3 is 0 Å². The molecule has 0 radical (unpaired) electrons. The molecule has 2 saturated carbocycles. The van der Waals surface area contributed by atoms with Crippen molar-refractivity contribution >= 4 is 11.4 Å². The molecule has 0 spiro atoms. The molecule has 0 aromatic heterocycles. The molecule has 1 heterocycles. The highest BCUT2D eigenvalue weighted by Gasteiger charge is 2.51. The van der Waals surface area contributed by atoms with E-state index in [4.69, 9.17) is 9.47 Å². The van der Waals surface area contributed by atoms with E-state index in [2.05, 4.69) is 24.8 Å². The fourth-order valence-electron chi connectivity index (χ4n) is 5.08. The Labute approximate surface area is 179 Å². The zero-order valence-corrected chi connectivity index (χ0v) is 18.5. The summed E-state index contributed by atoms with van der Waals surface area (Å²) in [6, 6.07) is 6.21. The van der Waals surface area contributed by atoms with Crippen LogP contribution in [0.25, 0.3) is 0 Å². The highest BCUT2D eigenvalue weighted by atomic mass is 16.6. The van der Waals surface area contributed by atoms with Crippen molar-refractivity contribution in [3.05, 3.63) is 45.2 Å². The van der Waals surface area contributed by atoms with E-state index in [0.717, 1.165) is 75.3 Å². The molecule has 3 fully saturated rings. The van der Waals surface area contributed by atoms with Gasteiger partial charge in [0.15, 0.2) is 0 Å². The molecule has 1 aromatic carbocycles. The van der Waals surface area contributed by atoms with Crippen LogP contribution < -0.4 is 4.90 Å². The molecule has 1 aromatic rings. The Morgan fingerprint density at radius 3 is 2.50 bits per heavy atom. The first-order valence-corrected chi connectivity index (χ1v) is 11.4. The molecule has 0 atom stereocenters. The van der Waals surface area contributed by atoms with Crippen LogP contribution in [0.2, 0.25) is 0 Å². The highest BCUT2D eigenvalue weighted by Crippen LogP contribution is 2.57. The van der Waals surface area contributed by atoms with E-state index in [0.29, 0.717) is 5.92 Å². The molecule has 30 heavy (non-hydrogen) atoms. The summed E-state index contributed by atoms with van der Waals surface area (Å²) < 4.78 is 11.4. The van der Waals surface area contributed by atoms with Gasteiger partial charge < -0.3 is 14.4 Å². The zero-order valence-electron chi connectivity index (χ0n) is 18.5. The lowest BCUT2D eigenvalue weighted by molar-refractivity contribution is -0.384. The van der Waals surface area contributed by atoms with Crippen molar-refractivity contribution in [1.29, 1.82) is 0 Å². The summed E-state index contributed by atoms with van der Waals surface area (Å²) in [6.07, 6.45) is 7.24. The van der Waals surface area contributed by atoms with Crippen LogP contribution in [0.1, 0.15) is 64.4 Å². The van der Waals surface area contributed by atoms with Gasteiger partial charge in [0.25, 0.3) is 5.69 Å². The maximum absolute atomic E-state index is 12.1. The van der Waals surface area contributed by atoms with Crippen molar-refractivity contribution in [2.24, 2.45) is 5.92 Å². The van der Waals surface area contributed by atoms with Gasteiger partial charge in [0.1, 0.15) is 11.4 Å². The smallest absolute Gasteiger partial charge is 0.292 e. The minimum absolute atomic E-state index is 0.157. The number of hydrogen-bond donors (Lipinski definition) is 0. The molecule has 3 aliphatic rings. The van der Waals surface area contributed by atoms with Gasteiger partial charge in [0, 0.05) is 31.9 Å². The summed E-state index contributed by atoms with van der Waals surface area (Å²) in [5, 5.41) is 12.1. The van der Waals surface area contributed by atoms with Crippen LogP contribution in [-0.2, 0) is 14.9 Å². The summed E-state index contributed by atoms with van der Waals surface area (Å²) in [5.41, 5.74) is 3.24. The molecular formula is C24H34N2O4. The van der Waals surface area contributed by atoms with E-state index in [-0.39, 0.29) is 22.1 Å². The zero-order chi connectivity index (χ0) is 21.3. The van der Waals surface area contributed by atoms with Gasteiger partial charge in [-0.05, 0) is 68.1 Å². The monoisotopic (exact) mass is 414 g/mol. The lowest BCUT2D eigenvalue weighted by Gasteiger charge is -2.37. The topological polar surface area (TPSA) is 64.8 Å². The van der Waals surface area contributed by atoms with E-state index in [1.807, 2.05) is 12.1 Å². The van der Waals surface area contributed by atoms with E-state index in [1.54, 1.807) is 7.11 Å². The number of rotatable bonds is 8. The quantitative estimate of drug-likeness (QED) is 0.326. The minimum Gasteiger partial charge on any atom is -0.500 e. The third kappa shape index (κ3) is 3.94. The largest absolute Gasteiger partial charge is 0.500 e. The minimum atomic E-state index is -0.204. The fourth-order valence-corrected chi connectivity index (χ4v) is 5.08. The Morgan fingerprint density at radius 2 is 2.00 bits per heavy atom. The summed E-state index contributed by atoms with van der Waals surface area (Å²) >= 11 is 0. The van der Waals surface area contributed by atoms with E-state index < -0.39 is 0 Å². The Hall–Kier alpha value is -2.08. The highest BCUT2D eigenvalue weighted by molar-refractivity contribution is 5.67. The molecule has 0 unspecified atom stereocenters. The van der Waals surface area contributed by atoms with Gasteiger partial charge in [-0.2, -0.15) is 0 Å². The lowest BCUT2D eigenvalue weighted by atomic mass is 9.83. The normalized spacial score (nSPS) is 20.6. The maximum Gasteiger partial charge on any atom is 0.292 e. The van der Waals surface area contributed by atoms with Crippen molar-refractivity contribution in [3.8, 4) is 0 Å². The Kier molecular flexibility index (Phi) is 6.05. The van der Waals surface area contributed by atoms with Crippen LogP contribution >= 0.6 is 0 Å². The number of nitro groups is 1. The summed E-state index contributed by atoms with van der Waals surface area (Å²) in [4.78, 5) is 14.2. The van der Waals surface area contributed by atoms with Crippen LogP contribution in [0.5, 0.6) is 0 Å². The molecule has 0 bridgehead atoms. The number of ether oxygens (including phenoxy) is 2. The average Bonchev–Trinajstić information content (AvgIpc) is 3.50. The first-order valence-electron chi connectivity index (χ1n) is 11.4. The molecule has 6 heteroatoms. The predicted octanol–water partition coefficient (Wildman–Crippen LogP) is 5.35. The molecular weight excluding hydrogens is 380 g/mol. The van der Waals surface area contributed by atoms with Crippen molar-refractivity contribution in [2.45, 2.75) is 70.3 Å². The first kappa shape index (κ1) is 21.2. The van der Waals surface area contributed by atoms with Gasteiger partial charge in [-0.25, -0.2) is 0 Å². The third-order valence-corrected chi connectivity index (χ3v) is 6.89. The first-order chi connectivity index (χ1) is 14.5. The molecule has 4 rings (SSSR count). The van der Waals surface area contributed by atoms with E-state index in [9.17, 15) is 10.1 Å². The van der Waals surface area contributed by atoms with Crippen LogP contribution in [0.3, 0.4) is 0 Å². The third-order valence-electron chi connectivity index (χ3n) is 6.89. The van der Waals surface area contributed by atoms with Crippen molar-refractivity contribution < 1.29 is 14.4 Å². The number of nitrogens with zero attached hydrogens (tertiary/aromatic N) is 2. The van der Waals surface area contributed by atoms with Crippen LogP contribution in [0.4, 0.5) is 11.4 Å². The molecule has 0 amide bonds. The number of methoxy groups -OCH3 is 1. The number of anilines is 1. The number of allylic oxidation sites excluding steroid dienone is 2. The van der Waals surface area contributed by atoms with Crippen molar-refractivity contribution in [3.63, 3.8) is 0 Å². The van der Waals surface area contributed by atoms with Gasteiger partial charge in [-0.1, -0.05) is 19.9 Å². The molecule has 164 valence electrons. The van der Waals surface area contributed by atoms with Crippen molar-refractivity contribution in [2.75, 3.05) is 31.8 Å². The summed E-state index contributed by atoms with van der Waals surface area (Å²) in [7, 11) is 1.75. The standard InChI is InChI=1S/C24H34N2O4/c1-17(2)16-25(20-9-13-30-14-10-20)21-8-7-19(15-22(21)26(27)28)24(11-12-24)23(29-3)18-5-4-6-18/h7-8,15,17,20H,4-6,9-14,16H2,1-3H3. The number of benzene rings is 1. The van der Waals surface area contributed by atoms with Crippen LogP contribution in [-0.4, -0.2) is 37.8 Å². The average molecular weight is 415 g/mol. The molecule has 6 nitrogen and oxygen atoms in total. The maximum atomic E-state index is 12.1. The van der Waals surface area contributed by atoms with Gasteiger partial charge in [0.05, 0.1) is 17.4 Å². The summed E-state index contributed by atoms with van der Waals surface area (Å²) in [6.45, 7) is 6.59. The molecule has 0 N–H and O–H groups in total.